The van der Waals surface area contributed by atoms with E-state index >= 15 is 0 Å². The summed E-state index contributed by atoms with van der Waals surface area (Å²) in [6.07, 6.45) is 1.76. The third kappa shape index (κ3) is 5.12. The highest BCUT2D eigenvalue weighted by molar-refractivity contribution is 7.80. The number of carbonyl (C=O) groups excluding carboxylic acids is 1. The molecule has 0 spiro atoms. The monoisotopic (exact) mass is 414 g/mol. The van der Waals surface area contributed by atoms with Gasteiger partial charge in [0.25, 0.3) is 5.91 Å². The van der Waals surface area contributed by atoms with Crippen LogP contribution in [0.3, 0.4) is 0 Å². The largest absolute Gasteiger partial charge is 0.496 e. The third-order valence-electron chi connectivity index (χ3n) is 4.33. The molecule has 2 aromatic carbocycles. The van der Waals surface area contributed by atoms with Crippen molar-refractivity contribution in [3.8, 4) is 11.5 Å². The summed E-state index contributed by atoms with van der Waals surface area (Å²) in [4.78, 5) is 14.2. The van der Waals surface area contributed by atoms with Crippen LogP contribution in [0.1, 0.15) is 25.0 Å². The molecule has 1 amide bonds. The van der Waals surface area contributed by atoms with E-state index in [0.29, 0.717) is 34.8 Å². The highest BCUT2D eigenvalue weighted by Gasteiger charge is 2.30. The molecule has 7 heteroatoms. The average molecular weight is 415 g/mol. The van der Waals surface area contributed by atoms with E-state index in [1.54, 1.807) is 30.2 Å². The fourth-order valence-corrected chi connectivity index (χ4v) is 3.23. The van der Waals surface area contributed by atoms with Crippen molar-refractivity contribution in [2.75, 3.05) is 13.7 Å². The molecule has 3 rings (SSSR count). The summed E-state index contributed by atoms with van der Waals surface area (Å²) in [5.41, 5.74) is 2.05. The van der Waals surface area contributed by atoms with Crippen molar-refractivity contribution in [2.45, 2.75) is 20.5 Å². The van der Waals surface area contributed by atoms with Crippen molar-refractivity contribution >= 4 is 29.3 Å². The van der Waals surface area contributed by atoms with E-state index in [4.69, 9.17) is 21.7 Å². The Hall–Kier alpha value is -2.93. The second-order valence-electron chi connectivity index (χ2n) is 7.11. The Labute approximate surface area is 175 Å². The molecule has 5 nitrogen and oxygen atoms in total. The van der Waals surface area contributed by atoms with E-state index < -0.39 is 0 Å². The molecule has 0 unspecified atom stereocenters. The number of benzene rings is 2. The molecule has 0 radical (unpaired) electrons. The Morgan fingerprint density at radius 3 is 2.59 bits per heavy atom. The van der Waals surface area contributed by atoms with Crippen LogP contribution in [0.2, 0.25) is 0 Å². The molecule has 1 saturated heterocycles. The van der Waals surface area contributed by atoms with Gasteiger partial charge in [0.2, 0.25) is 0 Å². The highest BCUT2D eigenvalue weighted by Crippen LogP contribution is 2.24. The van der Waals surface area contributed by atoms with E-state index in [0.717, 1.165) is 11.1 Å². The number of hydrogen-bond acceptors (Lipinski definition) is 4. The van der Waals surface area contributed by atoms with Crippen molar-refractivity contribution < 1.29 is 18.7 Å². The summed E-state index contributed by atoms with van der Waals surface area (Å²) < 4.78 is 24.2. The van der Waals surface area contributed by atoms with Crippen LogP contribution < -0.4 is 14.8 Å². The van der Waals surface area contributed by atoms with Crippen molar-refractivity contribution in [1.82, 2.24) is 10.2 Å². The van der Waals surface area contributed by atoms with Crippen LogP contribution >= 0.6 is 12.2 Å². The minimum atomic E-state index is -0.318. The minimum absolute atomic E-state index is 0.136. The number of nitrogens with one attached hydrogen (secondary N) is 1. The predicted molar refractivity (Wildman–Crippen MR) is 114 cm³/mol. The van der Waals surface area contributed by atoms with Gasteiger partial charge in [-0.1, -0.05) is 19.9 Å². The summed E-state index contributed by atoms with van der Waals surface area (Å²) in [5.74, 6) is 1.08. The standard InChI is InChI=1S/C22H23FN2O3S/c1-14(2)12-25-21(26)19(24-22(25)29)11-15-4-9-20(27-3)16(10-15)13-28-18-7-5-17(23)6-8-18/h4-11,14H,12-13H2,1-3H3,(H,24,29)/b19-11+. The van der Waals surface area contributed by atoms with Crippen molar-refractivity contribution in [1.29, 1.82) is 0 Å². The molecule has 0 atom stereocenters. The number of methoxy groups -OCH3 is 1. The quantitative estimate of drug-likeness (QED) is 0.545. The zero-order valence-electron chi connectivity index (χ0n) is 16.6. The maximum absolute atomic E-state index is 13.0. The zero-order chi connectivity index (χ0) is 21.0. The van der Waals surface area contributed by atoms with Gasteiger partial charge < -0.3 is 14.8 Å². The topological polar surface area (TPSA) is 50.8 Å². The number of nitrogens with zero attached hydrogens (tertiary/aromatic N) is 1. The molecule has 0 aromatic heterocycles. The Bertz CT molecular complexity index is 942. The van der Waals surface area contributed by atoms with Gasteiger partial charge in [-0.25, -0.2) is 4.39 Å². The van der Waals surface area contributed by atoms with Gasteiger partial charge >= 0.3 is 0 Å². The molecule has 0 bridgehead atoms. The molecule has 1 aliphatic heterocycles. The Morgan fingerprint density at radius 1 is 1.21 bits per heavy atom. The second-order valence-corrected chi connectivity index (χ2v) is 7.50. The summed E-state index contributed by atoms with van der Waals surface area (Å²) in [6, 6.07) is 11.4. The number of thiocarbonyl (C=S) groups is 1. The van der Waals surface area contributed by atoms with Gasteiger partial charge in [-0.05, 0) is 66.2 Å². The molecule has 2 aromatic rings. The lowest BCUT2D eigenvalue weighted by Crippen LogP contribution is -2.33. The Kier molecular flexibility index (Phi) is 6.49. The highest BCUT2D eigenvalue weighted by atomic mass is 32.1. The number of hydrogen-bond donors (Lipinski definition) is 1. The summed E-state index contributed by atoms with van der Waals surface area (Å²) >= 11 is 5.29. The van der Waals surface area contributed by atoms with Crippen LogP contribution in [-0.4, -0.2) is 29.6 Å². The average Bonchev–Trinajstić information content (AvgIpc) is 2.94. The number of carbonyl (C=O) groups is 1. The van der Waals surface area contributed by atoms with E-state index in [1.165, 1.54) is 12.1 Å². The summed E-state index contributed by atoms with van der Waals surface area (Å²) in [6.45, 7) is 4.88. The van der Waals surface area contributed by atoms with E-state index in [1.807, 2.05) is 32.0 Å². The van der Waals surface area contributed by atoms with Crippen molar-refractivity contribution in [3.05, 3.63) is 65.1 Å². The number of ether oxygens (including phenoxy) is 2. The molecule has 1 aliphatic rings. The Balaban J connectivity index is 1.79. The first kappa shape index (κ1) is 20.8. The number of rotatable bonds is 7. The van der Waals surface area contributed by atoms with Gasteiger partial charge in [-0.2, -0.15) is 0 Å². The van der Waals surface area contributed by atoms with E-state index in [9.17, 15) is 9.18 Å². The maximum atomic E-state index is 13.0. The van der Waals surface area contributed by atoms with Gasteiger partial charge in [-0.15, -0.1) is 0 Å². The van der Waals surface area contributed by atoms with E-state index in [2.05, 4.69) is 5.32 Å². The fourth-order valence-electron chi connectivity index (χ4n) is 2.96. The van der Waals surface area contributed by atoms with Crippen LogP contribution in [-0.2, 0) is 11.4 Å². The summed E-state index contributed by atoms with van der Waals surface area (Å²) in [7, 11) is 1.58. The molecular formula is C22H23FN2O3S. The lowest BCUT2D eigenvalue weighted by Gasteiger charge is -2.16. The predicted octanol–water partition coefficient (Wildman–Crippen LogP) is 4.13. The van der Waals surface area contributed by atoms with E-state index in [-0.39, 0.29) is 18.3 Å². The molecule has 29 heavy (non-hydrogen) atoms. The first-order chi connectivity index (χ1) is 13.9. The van der Waals surface area contributed by atoms with Gasteiger partial charge in [-0.3, -0.25) is 9.69 Å². The minimum Gasteiger partial charge on any atom is -0.496 e. The summed E-state index contributed by atoms with van der Waals surface area (Å²) in [5, 5.41) is 3.41. The van der Waals surface area contributed by atoms with Gasteiger partial charge in [0.05, 0.1) is 7.11 Å². The molecule has 0 aliphatic carbocycles. The first-order valence-electron chi connectivity index (χ1n) is 9.27. The molecule has 1 fully saturated rings. The molecule has 152 valence electrons. The van der Waals surface area contributed by atoms with Gasteiger partial charge in [0, 0.05) is 12.1 Å². The molecule has 0 saturated carbocycles. The lowest BCUT2D eigenvalue weighted by molar-refractivity contribution is -0.122. The van der Waals surface area contributed by atoms with Crippen molar-refractivity contribution in [3.63, 3.8) is 0 Å². The van der Waals surface area contributed by atoms with Crippen LogP contribution in [0.4, 0.5) is 4.39 Å². The smallest absolute Gasteiger partial charge is 0.276 e. The van der Waals surface area contributed by atoms with Gasteiger partial charge in [0.1, 0.15) is 29.6 Å². The lowest BCUT2D eigenvalue weighted by atomic mass is 10.1. The number of amides is 1. The number of halogens is 1. The Morgan fingerprint density at radius 2 is 1.93 bits per heavy atom. The van der Waals surface area contributed by atoms with Crippen LogP contribution in [0, 0.1) is 11.7 Å². The molecular weight excluding hydrogens is 391 g/mol. The third-order valence-corrected chi connectivity index (χ3v) is 4.66. The van der Waals surface area contributed by atoms with Crippen LogP contribution in [0.5, 0.6) is 11.5 Å². The van der Waals surface area contributed by atoms with Crippen molar-refractivity contribution in [2.24, 2.45) is 5.92 Å². The molecule has 1 N–H and O–H groups in total. The second kappa shape index (κ2) is 9.05. The van der Waals surface area contributed by atoms with Gasteiger partial charge in [0.15, 0.2) is 5.11 Å². The maximum Gasteiger partial charge on any atom is 0.276 e. The van der Waals surface area contributed by atoms with Crippen LogP contribution in [0.15, 0.2) is 48.2 Å². The van der Waals surface area contributed by atoms with Crippen LogP contribution in [0.25, 0.3) is 6.08 Å². The SMILES string of the molecule is COc1ccc(/C=C2/NC(=S)N(CC(C)C)C2=O)cc1COc1ccc(F)cc1. The fraction of sp³-hybridized carbons (Fsp3) is 0.273. The zero-order valence-corrected chi connectivity index (χ0v) is 17.4. The molecule has 1 heterocycles. The first-order valence-corrected chi connectivity index (χ1v) is 9.68. The normalized spacial score (nSPS) is 15.2.